The standard InChI is InChI=1S/C10H21N3O2/c1-5-7(2)8(14)12-6-10(3,4)9(11)13-15/h7,15H,5-6H2,1-4H3,(H2,11,13)(H,12,14). The summed E-state index contributed by atoms with van der Waals surface area (Å²) < 4.78 is 0. The highest BCUT2D eigenvalue weighted by atomic mass is 16.4. The van der Waals surface area contributed by atoms with Gasteiger partial charge in [-0.05, 0) is 6.42 Å². The molecule has 0 bridgehead atoms. The molecular weight excluding hydrogens is 194 g/mol. The minimum Gasteiger partial charge on any atom is -0.409 e. The summed E-state index contributed by atoms with van der Waals surface area (Å²) in [4.78, 5) is 11.5. The molecule has 0 saturated carbocycles. The van der Waals surface area contributed by atoms with Crippen molar-refractivity contribution >= 4 is 11.7 Å². The molecule has 0 aliphatic rings. The van der Waals surface area contributed by atoms with Gasteiger partial charge < -0.3 is 16.3 Å². The Hall–Kier alpha value is -1.26. The Morgan fingerprint density at radius 3 is 2.53 bits per heavy atom. The van der Waals surface area contributed by atoms with Gasteiger partial charge in [-0.3, -0.25) is 4.79 Å². The smallest absolute Gasteiger partial charge is 0.222 e. The van der Waals surface area contributed by atoms with Gasteiger partial charge in [0.05, 0.1) is 0 Å². The highest BCUT2D eigenvalue weighted by Crippen LogP contribution is 2.13. The topological polar surface area (TPSA) is 87.7 Å². The van der Waals surface area contributed by atoms with E-state index in [2.05, 4.69) is 10.5 Å². The van der Waals surface area contributed by atoms with Crippen molar-refractivity contribution in [3.05, 3.63) is 0 Å². The van der Waals surface area contributed by atoms with E-state index < -0.39 is 5.41 Å². The molecule has 88 valence electrons. The van der Waals surface area contributed by atoms with Crippen molar-refractivity contribution in [1.29, 1.82) is 0 Å². The fraction of sp³-hybridized carbons (Fsp3) is 0.800. The van der Waals surface area contributed by atoms with Crippen LogP contribution in [-0.4, -0.2) is 23.5 Å². The molecule has 1 amide bonds. The van der Waals surface area contributed by atoms with Gasteiger partial charge in [0.2, 0.25) is 5.91 Å². The summed E-state index contributed by atoms with van der Waals surface area (Å²) in [6, 6.07) is 0. The average molecular weight is 215 g/mol. The zero-order valence-corrected chi connectivity index (χ0v) is 9.87. The first-order valence-corrected chi connectivity index (χ1v) is 5.10. The Kier molecular flexibility index (Phi) is 5.11. The van der Waals surface area contributed by atoms with Crippen molar-refractivity contribution in [2.45, 2.75) is 34.1 Å². The summed E-state index contributed by atoms with van der Waals surface area (Å²) in [7, 11) is 0. The van der Waals surface area contributed by atoms with E-state index in [0.29, 0.717) is 6.54 Å². The molecule has 5 heteroatoms. The first-order valence-electron chi connectivity index (χ1n) is 5.10. The molecule has 0 aliphatic carbocycles. The van der Waals surface area contributed by atoms with Crippen LogP contribution in [0.5, 0.6) is 0 Å². The van der Waals surface area contributed by atoms with E-state index in [0.717, 1.165) is 6.42 Å². The van der Waals surface area contributed by atoms with Crippen LogP contribution < -0.4 is 11.1 Å². The van der Waals surface area contributed by atoms with E-state index in [9.17, 15) is 4.79 Å². The molecule has 4 N–H and O–H groups in total. The molecule has 15 heavy (non-hydrogen) atoms. The van der Waals surface area contributed by atoms with E-state index in [-0.39, 0.29) is 17.7 Å². The highest BCUT2D eigenvalue weighted by molar-refractivity contribution is 5.86. The first kappa shape index (κ1) is 13.7. The van der Waals surface area contributed by atoms with Gasteiger partial charge in [0, 0.05) is 17.9 Å². The molecule has 0 aromatic rings. The lowest BCUT2D eigenvalue weighted by molar-refractivity contribution is -0.124. The van der Waals surface area contributed by atoms with Gasteiger partial charge in [-0.2, -0.15) is 0 Å². The van der Waals surface area contributed by atoms with E-state index in [4.69, 9.17) is 10.9 Å². The van der Waals surface area contributed by atoms with Crippen LogP contribution in [-0.2, 0) is 4.79 Å². The number of amidine groups is 1. The van der Waals surface area contributed by atoms with Crippen molar-refractivity contribution in [2.24, 2.45) is 22.2 Å². The number of carbonyl (C=O) groups is 1. The SMILES string of the molecule is CCC(C)C(=O)NCC(C)(C)C(N)=NO. The monoisotopic (exact) mass is 215 g/mol. The van der Waals surface area contributed by atoms with Crippen molar-refractivity contribution in [1.82, 2.24) is 5.32 Å². The molecule has 1 unspecified atom stereocenters. The zero-order valence-electron chi connectivity index (χ0n) is 9.87. The van der Waals surface area contributed by atoms with E-state index in [1.165, 1.54) is 0 Å². The van der Waals surface area contributed by atoms with Crippen LogP contribution in [0.15, 0.2) is 5.16 Å². The van der Waals surface area contributed by atoms with Crippen LogP contribution in [0.4, 0.5) is 0 Å². The Bertz CT molecular complexity index is 249. The highest BCUT2D eigenvalue weighted by Gasteiger charge is 2.24. The summed E-state index contributed by atoms with van der Waals surface area (Å²) >= 11 is 0. The minimum atomic E-state index is -0.530. The molecule has 0 rings (SSSR count). The van der Waals surface area contributed by atoms with Crippen LogP contribution in [0.25, 0.3) is 0 Å². The number of amides is 1. The van der Waals surface area contributed by atoms with Crippen molar-refractivity contribution in [3.8, 4) is 0 Å². The summed E-state index contributed by atoms with van der Waals surface area (Å²) in [5, 5.41) is 14.3. The normalized spacial score (nSPS) is 14.8. The molecular formula is C10H21N3O2. The van der Waals surface area contributed by atoms with Crippen LogP contribution in [0.1, 0.15) is 34.1 Å². The lowest BCUT2D eigenvalue weighted by atomic mass is 9.92. The van der Waals surface area contributed by atoms with Gasteiger partial charge in [-0.1, -0.05) is 32.9 Å². The number of nitrogens with two attached hydrogens (primary N) is 1. The predicted molar refractivity (Wildman–Crippen MR) is 59.7 cm³/mol. The molecule has 0 aromatic heterocycles. The van der Waals surface area contributed by atoms with Crippen molar-refractivity contribution in [3.63, 3.8) is 0 Å². The molecule has 0 aliphatic heterocycles. The van der Waals surface area contributed by atoms with E-state index in [1.54, 1.807) is 13.8 Å². The third kappa shape index (κ3) is 4.18. The van der Waals surface area contributed by atoms with Gasteiger partial charge in [0.15, 0.2) is 0 Å². The third-order valence-electron chi connectivity index (χ3n) is 2.57. The van der Waals surface area contributed by atoms with Gasteiger partial charge in [-0.15, -0.1) is 0 Å². The number of carbonyl (C=O) groups excluding carboxylic acids is 1. The number of nitrogens with zero attached hydrogens (tertiary/aromatic N) is 1. The van der Waals surface area contributed by atoms with E-state index >= 15 is 0 Å². The second kappa shape index (κ2) is 5.58. The van der Waals surface area contributed by atoms with Crippen LogP contribution >= 0.6 is 0 Å². The Labute approximate surface area is 90.7 Å². The second-order valence-electron chi connectivity index (χ2n) is 4.40. The maximum Gasteiger partial charge on any atom is 0.222 e. The second-order valence-corrected chi connectivity index (χ2v) is 4.40. The maximum atomic E-state index is 11.5. The van der Waals surface area contributed by atoms with Gasteiger partial charge >= 0.3 is 0 Å². The van der Waals surface area contributed by atoms with Crippen LogP contribution in [0.2, 0.25) is 0 Å². The van der Waals surface area contributed by atoms with E-state index in [1.807, 2.05) is 13.8 Å². The van der Waals surface area contributed by atoms with Crippen LogP contribution in [0.3, 0.4) is 0 Å². The number of oxime groups is 1. The molecule has 0 fully saturated rings. The number of hydrogen-bond acceptors (Lipinski definition) is 3. The molecule has 0 spiro atoms. The largest absolute Gasteiger partial charge is 0.409 e. The Morgan fingerprint density at radius 2 is 2.13 bits per heavy atom. The van der Waals surface area contributed by atoms with Crippen molar-refractivity contribution < 1.29 is 10.0 Å². The molecule has 5 nitrogen and oxygen atoms in total. The summed E-state index contributed by atoms with van der Waals surface area (Å²) in [6.07, 6.45) is 0.801. The first-order chi connectivity index (χ1) is 6.85. The van der Waals surface area contributed by atoms with Gasteiger partial charge in [0.25, 0.3) is 0 Å². The predicted octanol–water partition coefficient (Wildman–Crippen LogP) is 0.921. The lowest BCUT2D eigenvalue weighted by Crippen LogP contribution is -2.43. The number of rotatable bonds is 5. The third-order valence-corrected chi connectivity index (χ3v) is 2.57. The summed E-state index contributed by atoms with van der Waals surface area (Å²) in [6.45, 7) is 7.80. The molecule has 0 heterocycles. The molecule has 1 atom stereocenters. The lowest BCUT2D eigenvalue weighted by Gasteiger charge is -2.23. The minimum absolute atomic E-state index is 0.00341. The Morgan fingerprint density at radius 1 is 1.60 bits per heavy atom. The molecule has 0 aromatic carbocycles. The quantitative estimate of drug-likeness (QED) is 0.276. The summed E-state index contributed by atoms with van der Waals surface area (Å²) in [5.74, 6) is 0.108. The fourth-order valence-electron chi connectivity index (χ4n) is 0.894. The average Bonchev–Trinajstić information content (AvgIpc) is 2.23. The zero-order chi connectivity index (χ0) is 12.1. The number of hydrogen-bond donors (Lipinski definition) is 3. The molecule has 0 saturated heterocycles. The number of nitrogens with one attached hydrogen (secondary N) is 1. The fourth-order valence-corrected chi connectivity index (χ4v) is 0.894. The maximum absolute atomic E-state index is 11.5. The summed E-state index contributed by atoms with van der Waals surface area (Å²) in [5.41, 5.74) is 4.96. The Balaban J connectivity index is 4.21. The van der Waals surface area contributed by atoms with Crippen LogP contribution in [0, 0.1) is 11.3 Å². The van der Waals surface area contributed by atoms with Crippen molar-refractivity contribution in [2.75, 3.05) is 6.54 Å². The van der Waals surface area contributed by atoms with Gasteiger partial charge in [0.1, 0.15) is 5.84 Å². The molecule has 0 radical (unpaired) electrons. The van der Waals surface area contributed by atoms with Gasteiger partial charge in [-0.25, -0.2) is 0 Å².